The summed E-state index contributed by atoms with van der Waals surface area (Å²) in [5.41, 5.74) is 1.18. The Morgan fingerprint density at radius 1 is 1.33 bits per heavy atom. The van der Waals surface area contributed by atoms with E-state index in [1.165, 1.54) is 11.9 Å². The minimum atomic E-state index is -0.270. The lowest BCUT2D eigenvalue weighted by Gasteiger charge is -2.38. The maximum Gasteiger partial charge on any atom is 0.223 e. The molecule has 24 heavy (non-hydrogen) atoms. The lowest BCUT2D eigenvalue weighted by Crippen LogP contribution is -2.53. The fourth-order valence-electron chi connectivity index (χ4n) is 2.91. The highest BCUT2D eigenvalue weighted by Crippen LogP contribution is 2.15. The van der Waals surface area contributed by atoms with Crippen molar-refractivity contribution < 1.29 is 4.79 Å². The first-order valence-corrected chi connectivity index (χ1v) is 8.06. The number of amides is 1. The third-order valence-corrected chi connectivity index (χ3v) is 4.26. The number of rotatable bonds is 5. The summed E-state index contributed by atoms with van der Waals surface area (Å²) in [6, 6.07) is 12.2. The van der Waals surface area contributed by atoms with Crippen LogP contribution in [0.4, 0.5) is 0 Å². The van der Waals surface area contributed by atoms with E-state index in [2.05, 4.69) is 38.3 Å². The maximum absolute atomic E-state index is 12.4. The van der Waals surface area contributed by atoms with E-state index in [1.54, 1.807) is 4.90 Å². The molecule has 1 saturated heterocycles. The summed E-state index contributed by atoms with van der Waals surface area (Å²) in [6.07, 6.45) is 2.36. The van der Waals surface area contributed by atoms with E-state index in [0.717, 1.165) is 6.54 Å². The highest BCUT2D eigenvalue weighted by atomic mass is 16.2. The van der Waals surface area contributed by atoms with E-state index in [9.17, 15) is 10.1 Å². The fraction of sp³-hybridized carbons (Fsp3) is 0.412. The molecule has 1 N–H and O–H groups in total. The summed E-state index contributed by atoms with van der Waals surface area (Å²) in [5.74, 6) is 0.772. The minimum Gasteiger partial charge on any atom is -0.339 e. The van der Waals surface area contributed by atoms with E-state index in [4.69, 9.17) is 0 Å². The molecular formula is C17H20N6O. The quantitative estimate of drug-likeness (QED) is 0.885. The Morgan fingerprint density at radius 2 is 2.17 bits per heavy atom. The lowest BCUT2D eigenvalue weighted by atomic mass is 10.1. The van der Waals surface area contributed by atoms with Crippen molar-refractivity contribution in [3.63, 3.8) is 0 Å². The van der Waals surface area contributed by atoms with E-state index in [-0.39, 0.29) is 11.9 Å². The van der Waals surface area contributed by atoms with E-state index in [0.29, 0.717) is 38.3 Å². The highest BCUT2D eigenvalue weighted by molar-refractivity contribution is 5.76. The summed E-state index contributed by atoms with van der Waals surface area (Å²) in [4.78, 5) is 20.3. The first kappa shape index (κ1) is 16.1. The Hall–Kier alpha value is -2.72. The monoisotopic (exact) mass is 324 g/mol. The molecule has 0 radical (unpaired) electrons. The van der Waals surface area contributed by atoms with Crippen LogP contribution in [0.25, 0.3) is 0 Å². The summed E-state index contributed by atoms with van der Waals surface area (Å²) >= 11 is 0. The molecule has 1 amide bonds. The molecule has 2 heterocycles. The predicted octanol–water partition coefficient (Wildman–Crippen LogP) is 0.974. The molecule has 0 spiro atoms. The SMILES string of the molecule is N#CC1CN(C(=O)CCc2ncn[nH]2)CCN1Cc1ccccc1. The van der Waals surface area contributed by atoms with Crippen molar-refractivity contribution in [3.05, 3.63) is 48.0 Å². The Labute approximate surface area is 140 Å². The van der Waals surface area contributed by atoms with Crippen LogP contribution >= 0.6 is 0 Å². The van der Waals surface area contributed by atoms with Gasteiger partial charge in [0.2, 0.25) is 5.91 Å². The third kappa shape index (κ3) is 3.97. The zero-order valence-electron chi connectivity index (χ0n) is 13.4. The van der Waals surface area contributed by atoms with Gasteiger partial charge in [-0.2, -0.15) is 10.4 Å². The van der Waals surface area contributed by atoms with Crippen LogP contribution in [0, 0.1) is 11.3 Å². The molecule has 1 aliphatic rings. The number of nitrogens with zero attached hydrogens (tertiary/aromatic N) is 5. The van der Waals surface area contributed by atoms with Crippen molar-refractivity contribution in [2.75, 3.05) is 19.6 Å². The number of carbonyl (C=O) groups excluding carboxylic acids is 1. The van der Waals surface area contributed by atoms with Crippen molar-refractivity contribution in [1.82, 2.24) is 25.0 Å². The molecule has 2 aromatic rings. The van der Waals surface area contributed by atoms with Gasteiger partial charge in [-0.15, -0.1) is 0 Å². The number of carbonyl (C=O) groups is 1. The number of nitriles is 1. The topological polar surface area (TPSA) is 88.9 Å². The first-order chi connectivity index (χ1) is 11.8. The van der Waals surface area contributed by atoms with Crippen LogP contribution in [-0.4, -0.2) is 56.6 Å². The number of hydrogen-bond donors (Lipinski definition) is 1. The number of piperazine rings is 1. The van der Waals surface area contributed by atoms with E-state index >= 15 is 0 Å². The van der Waals surface area contributed by atoms with Gasteiger partial charge in [0.1, 0.15) is 18.2 Å². The molecular weight excluding hydrogens is 304 g/mol. The second-order valence-electron chi connectivity index (χ2n) is 5.87. The minimum absolute atomic E-state index is 0.0611. The molecule has 1 unspecified atom stereocenters. The van der Waals surface area contributed by atoms with Gasteiger partial charge in [0, 0.05) is 39.0 Å². The van der Waals surface area contributed by atoms with Gasteiger partial charge < -0.3 is 4.90 Å². The Kier molecular flexibility index (Phi) is 5.18. The third-order valence-electron chi connectivity index (χ3n) is 4.26. The molecule has 1 aliphatic heterocycles. The largest absolute Gasteiger partial charge is 0.339 e. The molecule has 1 fully saturated rings. The highest BCUT2D eigenvalue weighted by Gasteiger charge is 2.29. The number of aromatic nitrogens is 3. The van der Waals surface area contributed by atoms with E-state index < -0.39 is 0 Å². The Bertz CT molecular complexity index is 694. The van der Waals surface area contributed by atoms with Gasteiger partial charge in [0.25, 0.3) is 0 Å². The van der Waals surface area contributed by atoms with Crippen molar-refractivity contribution in [2.24, 2.45) is 0 Å². The maximum atomic E-state index is 12.4. The Morgan fingerprint density at radius 3 is 2.88 bits per heavy atom. The van der Waals surface area contributed by atoms with Crippen molar-refractivity contribution in [1.29, 1.82) is 5.26 Å². The molecule has 0 bridgehead atoms. The zero-order chi connectivity index (χ0) is 16.8. The second-order valence-corrected chi connectivity index (χ2v) is 5.87. The molecule has 124 valence electrons. The number of benzene rings is 1. The van der Waals surface area contributed by atoms with Crippen molar-refractivity contribution in [3.8, 4) is 6.07 Å². The summed E-state index contributed by atoms with van der Waals surface area (Å²) in [5, 5.41) is 16.0. The normalized spacial score (nSPS) is 18.3. The van der Waals surface area contributed by atoms with Gasteiger partial charge in [-0.1, -0.05) is 30.3 Å². The molecule has 7 nitrogen and oxygen atoms in total. The van der Waals surface area contributed by atoms with Gasteiger partial charge >= 0.3 is 0 Å². The molecule has 7 heteroatoms. The molecule has 1 atom stereocenters. The molecule has 1 aromatic carbocycles. The standard InChI is InChI=1S/C17H20N6O/c18-10-15-12-23(17(24)7-6-16-19-13-20-21-16)9-8-22(15)11-14-4-2-1-3-5-14/h1-5,13,15H,6-9,11-12H2,(H,19,20,21). The van der Waals surface area contributed by atoms with Crippen molar-refractivity contribution in [2.45, 2.75) is 25.4 Å². The number of aromatic amines is 1. The van der Waals surface area contributed by atoms with Gasteiger partial charge in [-0.05, 0) is 5.56 Å². The molecule has 0 aliphatic carbocycles. The average molecular weight is 324 g/mol. The lowest BCUT2D eigenvalue weighted by molar-refractivity contribution is -0.133. The fourth-order valence-corrected chi connectivity index (χ4v) is 2.91. The van der Waals surface area contributed by atoms with Crippen LogP contribution in [0.15, 0.2) is 36.7 Å². The number of H-pyrrole nitrogens is 1. The van der Waals surface area contributed by atoms with Gasteiger partial charge in [-0.25, -0.2) is 4.98 Å². The first-order valence-electron chi connectivity index (χ1n) is 8.06. The number of hydrogen-bond acceptors (Lipinski definition) is 5. The summed E-state index contributed by atoms with van der Waals surface area (Å²) in [6.45, 7) is 2.55. The Balaban J connectivity index is 1.54. The van der Waals surface area contributed by atoms with Gasteiger partial charge in [0.15, 0.2) is 0 Å². The number of aryl methyl sites for hydroxylation is 1. The van der Waals surface area contributed by atoms with Crippen LogP contribution in [0.5, 0.6) is 0 Å². The predicted molar refractivity (Wildman–Crippen MR) is 87.5 cm³/mol. The average Bonchev–Trinajstić information content (AvgIpc) is 3.14. The molecule has 0 saturated carbocycles. The smallest absolute Gasteiger partial charge is 0.223 e. The summed E-state index contributed by atoms with van der Waals surface area (Å²) in [7, 11) is 0. The number of nitrogens with one attached hydrogen (secondary N) is 1. The zero-order valence-corrected chi connectivity index (χ0v) is 13.4. The van der Waals surface area contributed by atoms with Crippen LogP contribution in [0.1, 0.15) is 17.8 Å². The molecule has 1 aromatic heterocycles. The van der Waals surface area contributed by atoms with Crippen molar-refractivity contribution >= 4 is 5.91 Å². The summed E-state index contributed by atoms with van der Waals surface area (Å²) < 4.78 is 0. The van der Waals surface area contributed by atoms with Crippen LogP contribution < -0.4 is 0 Å². The van der Waals surface area contributed by atoms with Crippen LogP contribution in [0.3, 0.4) is 0 Å². The second kappa shape index (κ2) is 7.70. The van der Waals surface area contributed by atoms with Crippen LogP contribution in [0.2, 0.25) is 0 Å². The molecule has 3 rings (SSSR count). The van der Waals surface area contributed by atoms with Gasteiger partial charge in [-0.3, -0.25) is 14.8 Å². The van der Waals surface area contributed by atoms with Crippen LogP contribution in [-0.2, 0) is 17.8 Å². The van der Waals surface area contributed by atoms with E-state index in [1.807, 2.05) is 18.2 Å². The van der Waals surface area contributed by atoms with Gasteiger partial charge in [0.05, 0.1) is 6.07 Å².